The van der Waals surface area contributed by atoms with Crippen LogP contribution in [0.1, 0.15) is 146 Å². The van der Waals surface area contributed by atoms with Crippen LogP contribution in [-0.2, 0) is 46.4 Å². The number of H-pyrrole nitrogens is 5. The number of benzene rings is 5. The molecule has 0 spiro atoms. The van der Waals surface area contributed by atoms with Gasteiger partial charge in [-0.3, -0.25) is 40.1 Å². The number of carbonyl (C=O) groups is 2. The van der Waals surface area contributed by atoms with Gasteiger partial charge in [0.2, 0.25) is 5.91 Å². The molecule has 3 aliphatic carbocycles. The number of anilines is 4. The molecule has 0 fully saturated rings. The molecular weight excluding hydrogens is 1540 g/mol. The van der Waals surface area contributed by atoms with E-state index in [1.807, 2.05) is 104 Å². The van der Waals surface area contributed by atoms with E-state index in [2.05, 4.69) is 220 Å². The monoisotopic (exact) mass is 1640 g/mol. The van der Waals surface area contributed by atoms with E-state index in [4.69, 9.17) is 14.7 Å². The first-order valence-electron chi connectivity index (χ1n) is 42.9. The van der Waals surface area contributed by atoms with Crippen molar-refractivity contribution in [3.63, 3.8) is 0 Å². The van der Waals surface area contributed by atoms with Crippen molar-refractivity contribution in [1.82, 2.24) is 66.4 Å². The second kappa shape index (κ2) is 37.7. The molecule has 0 saturated carbocycles. The maximum atomic E-state index is 11.7. The first-order valence-corrected chi connectivity index (χ1v) is 42.9. The van der Waals surface area contributed by atoms with Gasteiger partial charge in [0, 0.05) is 110 Å². The lowest BCUT2D eigenvalue weighted by molar-refractivity contribution is -0.115. The highest BCUT2D eigenvalue weighted by Gasteiger charge is 2.36. The number of fused-ring (bicyclic) bond motifs is 15. The maximum absolute atomic E-state index is 11.7. The number of nitrogens with zero attached hydrogens (tertiary/aromatic N) is 9. The molecule has 124 heavy (non-hydrogen) atoms. The number of rotatable bonds is 16. The van der Waals surface area contributed by atoms with Gasteiger partial charge in [0.05, 0.1) is 119 Å². The third-order valence-corrected chi connectivity index (χ3v) is 24.1. The average molecular weight is 1650 g/mol. The van der Waals surface area contributed by atoms with Gasteiger partial charge in [-0.2, -0.15) is 30.6 Å². The number of allylic oxidation sites excluding steroid dienone is 9. The quantitative estimate of drug-likeness (QED) is 0.0316. The van der Waals surface area contributed by atoms with Crippen molar-refractivity contribution in [3.05, 3.63) is 315 Å². The third kappa shape index (κ3) is 17.6. The molecule has 1 amide bonds. The Morgan fingerprint density at radius 3 is 2.27 bits per heavy atom. The molecule has 7 aromatic heterocycles. The van der Waals surface area contributed by atoms with Crippen molar-refractivity contribution in [1.29, 1.82) is 0 Å². The number of pyridine rings is 2. The van der Waals surface area contributed by atoms with Crippen molar-refractivity contribution in [3.8, 4) is 11.3 Å². The molecule has 13 heterocycles. The summed E-state index contributed by atoms with van der Waals surface area (Å²) in [5.74, 6) is 0.973. The maximum Gasteiger partial charge on any atom is 0.228 e. The number of aliphatic imine (C=N–C) groups is 1. The zero-order chi connectivity index (χ0) is 85.0. The second-order valence-corrected chi connectivity index (χ2v) is 31.9. The molecule has 6 aliphatic heterocycles. The smallest absolute Gasteiger partial charge is 0.228 e. The van der Waals surface area contributed by atoms with Crippen LogP contribution in [-0.4, -0.2) is 122 Å². The fourth-order valence-electron chi connectivity index (χ4n) is 17.7. The van der Waals surface area contributed by atoms with Crippen molar-refractivity contribution in [2.45, 2.75) is 136 Å². The fourth-order valence-corrected chi connectivity index (χ4v) is 17.7. The first kappa shape index (κ1) is 81.9. The number of carbonyl (C=O) groups excluding carboxylic acids is 2. The van der Waals surface area contributed by atoms with E-state index in [0.717, 1.165) is 195 Å². The summed E-state index contributed by atoms with van der Waals surface area (Å²) < 4.78 is 6.00. The van der Waals surface area contributed by atoms with Crippen LogP contribution < -0.4 is 26.7 Å². The van der Waals surface area contributed by atoms with E-state index in [1.165, 1.54) is 108 Å². The lowest BCUT2D eigenvalue weighted by Gasteiger charge is -2.32. The molecule has 624 valence electrons. The minimum Gasteiger partial charge on any atom is -0.492 e. The Morgan fingerprint density at radius 2 is 1.49 bits per heavy atom. The summed E-state index contributed by atoms with van der Waals surface area (Å²) in [4.78, 5) is 37.4. The summed E-state index contributed by atoms with van der Waals surface area (Å²) >= 11 is 0. The molecule has 3 unspecified atom stereocenters. The van der Waals surface area contributed by atoms with E-state index >= 15 is 0 Å². The summed E-state index contributed by atoms with van der Waals surface area (Å²) in [6.07, 6.45) is 53.5. The predicted molar refractivity (Wildman–Crippen MR) is 502 cm³/mol. The molecule has 3 atom stereocenters. The molecule has 0 saturated heterocycles. The predicted octanol–water partition coefficient (Wildman–Crippen LogP) is 20.0. The molecule has 0 bridgehead atoms. The van der Waals surface area contributed by atoms with Crippen LogP contribution in [0.5, 0.6) is 0 Å². The molecule has 23 heteroatoms. The van der Waals surface area contributed by atoms with Crippen molar-refractivity contribution < 1.29 is 19.4 Å². The molecule has 23 nitrogen and oxygen atoms in total. The van der Waals surface area contributed by atoms with Crippen LogP contribution in [0.15, 0.2) is 263 Å². The van der Waals surface area contributed by atoms with Gasteiger partial charge >= 0.3 is 0 Å². The zero-order valence-corrected chi connectivity index (χ0v) is 70.2. The van der Waals surface area contributed by atoms with Gasteiger partial charge in [-0.05, 0) is 247 Å². The van der Waals surface area contributed by atoms with Crippen molar-refractivity contribution in [2.75, 3.05) is 41.0 Å². The molecule has 11 N–H and O–H groups in total. The van der Waals surface area contributed by atoms with Gasteiger partial charge in [-0.1, -0.05) is 113 Å². The molecule has 9 aliphatic rings. The summed E-state index contributed by atoms with van der Waals surface area (Å²) in [5, 5.41) is 69.2. The molecule has 12 aromatic rings. The fraction of sp³-hybridized carbons (Fsp3) is 0.238. The molecule has 0 radical (unpaired) electrons. The number of hydrogen-bond acceptors (Lipinski definition) is 17. The van der Waals surface area contributed by atoms with Gasteiger partial charge in [-0.25, -0.2) is 9.97 Å². The number of hydrogen-bond donors (Lipinski definition) is 11. The Kier molecular flexibility index (Phi) is 24.9. The largest absolute Gasteiger partial charge is 0.492 e. The van der Waals surface area contributed by atoms with Crippen LogP contribution in [0, 0.1) is 6.92 Å². The second-order valence-electron chi connectivity index (χ2n) is 31.9. The summed E-state index contributed by atoms with van der Waals surface area (Å²) in [6.45, 7) is 18.3. The normalized spacial score (nSPS) is 18.2. The first-order chi connectivity index (χ1) is 60.9. The Balaban J connectivity index is 0.000000110. The number of aliphatic hydroxyl groups excluding tert-OH is 1. The number of aliphatic hydroxyl groups is 1. The third-order valence-electron chi connectivity index (χ3n) is 24.1. The van der Waals surface area contributed by atoms with E-state index < -0.39 is 0 Å². The zero-order valence-electron chi connectivity index (χ0n) is 70.2. The summed E-state index contributed by atoms with van der Waals surface area (Å²) in [6, 6.07) is 33.2. The summed E-state index contributed by atoms with van der Waals surface area (Å²) in [7, 11) is 0. The lowest BCUT2D eigenvalue weighted by Crippen LogP contribution is -2.28. The van der Waals surface area contributed by atoms with Gasteiger partial charge in [0.1, 0.15) is 5.76 Å². The SMILES string of the molecule is C=CC(=O)C=CC=C(Nc1ccc2[nH]ncc2c1)C1=CCC1.C=CC1=C(/C=C/c2nc3ccc4[nH]ncc4c3c3c2CCCC3)C=NC1.CCCC1=C(C)c2c(ccc3[nH]ncc23)NC1c1ccc2c(c1)NC(=O)C2.CCCc1c(-c2ccccn[nH]cc2)nc2c(c1C)C/C=N\NC/C=C\2.OC1C=CC(C2Nc3ccc4[nH]ncc4c3C3=C2CCO3)=CC1. The van der Waals surface area contributed by atoms with Crippen LogP contribution in [0.3, 0.4) is 0 Å². The van der Waals surface area contributed by atoms with Gasteiger partial charge in [0.15, 0.2) is 5.78 Å². The van der Waals surface area contributed by atoms with Crippen molar-refractivity contribution >= 4 is 125 Å². The van der Waals surface area contributed by atoms with Gasteiger partial charge in [-0.15, -0.1) is 0 Å². The topological polar surface area (TPSA) is 318 Å². The standard InChI is InChI=1S/C22H22N4O.C22H20N4.C21H25N5.C18H17N3O2.C18H17N3O/c1-3-4-15-12(2)21-16-11-23-26-17(16)7-8-18(21)25-22(15)14-6-5-13-10-20(27)24-19(13)9-14;1-2-14-11-23-12-15(14)7-8-19-16-5-3-4-6-17(16)22-18-13-24-26-20(18)9-10-21(22)25-19;1-3-7-19-16(2)18-11-15-25-23-13-6-9-20(18)26-21(19)17-8-4-5-12-22-24-14-10-17;22-11-3-1-10(2-4-11)17-12-7-8-23-18(12)16-13-9-19-21-14(13)5-6-15(16)20-17;1-2-16(22)7-4-8-17(13-5-3-6-13)20-15-9-10-18-14(11-15)12-19-21-18/h5-9,11,22,25H,3-4,10H2,1-2H3,(H,23,26)(H,24,27);2,7-10,12-13H,1,3-6,11H2,(H,24,26);4-6,8-10,12,14-15,23-24H,3,7,11,13H2,1-2H3;1-3,5-6,9,11,17,20,22H,4,7-8H2,(H,19,21);2,4-5,7-12,20H,1,3,6H2,(H,19,21)/b;8-7+;5-4?,9-6-,14-10?,17-8?,22-12?,25-15-;;. The molecule has 21 rings (SSSR count). The van der Waals surface area contributed by atoms with Gasteiger partial charge in [0.25, 0.3) is 0 Å². The average Bonchev–Trinajstić information content (AvgIpc) is 1.47. The van der Waals surface area contributed by atoms with Crippen LogP contribution in [0.2, 0.25) is 0 Å². The van der Waals surface area contributed by atoms with E-state index in [0.29, 0.717) is 19.4 Å². The number of nitrogens with one attached hydrogen (secondary N) is 10. The van der Waals surface area contributed by atoms with Crippen molar-refractivity contribution in [2.24, 2.45) is 10.1 Å². The molecular formula is C101H101N19O4. The van der Waals surface area contributed by atoms with Crippen LogP contribution in [0.4, 0.5) is 22.7 Å². The minimum atomic E-state index is -0.367. The highest BCUT2D eigenvalue weighted by molar-refractivity contribution is 6.08. The van der Waals surface area contributed by atoms with Crippen LogP contribution in [0.25, 0.3) is 89.3 Å². The number of hydrazone groups is 1. The Hall–Kier alpha value is -14.5. The number of ketones is 1. The number of aromatic nitrogens is 12. The number of aryl methyl sites for hydroxylation is 1. The Morgan fingerprint density at radius 1 is 0.734 bits per heavy atom. The van der Waals surface area contributed by atoms with Gasteiger partial charge < -0.3 is 36.5 Å². The Labute approximate surface area is 719 Å². The van der Waals surface area contributed by atoms with Crippen LogP contribution >= 0.6 is 0 Å². The Bertz CT molecular complexity index is 6610. The number of ether oxygens (including phenoxy) is 1. The minimum absolute atomic E-state index is 0.0759. The number of amides is 1. The highest BCUT2D eigenvalue weighted by atomic mass is 16.5. The van der Waals surface area contributed by atoms with E-state index in [9.17, 15) is 14.7 Å². The summed E-state index contributed by atoms with van der Waals surface area (Å²) in [5.41, 5.74) is 37.8. The van der Waals surface area contributed by atoms with E-state index in [-0.39, 0.29) is 29.9 Å². The van der Waals surface area contributed by atoms with E-state index in [1.54, 1.807) is 18.5 Å². The highest BCUT2D eigenvalue weighted by Crippen LogP contribution is 2.48. The lowest BCUT2D eigenvalue weighted by atomic mass is 9.83. The molecule has 5 aromatic carbocycles. The number of aromatic amines is 5.